The normalized spacial score (nSPS) is 13.6. The second kappa shape index (κ2) is 12.0. The van der Waals surface area contributed by atoms with Gasteiger partial charge in [-0.3, -0.25) is 9.59 Å². The van der Waals surface area contributed by atoms with E-state index in [0.29, 0.717) is 43.7 Å². The number of hydrogen-bond donors (Lipinski definition) is 0. The van der Waals surface area contributed by atoms with Crippen molar-refractivity contribution < 1.29 is 9.59 Å². The smallest absolute Gasteiger partial charge is 0.254 e. The lowest BCUT2D eigenvalue weighted by molar-refractivity contribution is 0.0720. The summed E-state index contributed by atoms with van der Waals surface area (Å²) < 4.78 is 0. The van der Waals surface area contributed by atoms with E-state index in [0.717, 1.165) is 44.3 Å². The first-order chi connectivity index (χ1) is 21.9. The third-order valence-corrected chi connectivity index (χ3v) is 8.66. The Balaban J connectivity index is 1.17. The van der Waals surface area contributed by atoms with Gasteiger partial charge in [0, 0.05) is 48.1 Å². The molecule has 6 nitrogen and oxygen atoms in total. The Labute approximate surface area is 263 Å². The van der Waals surface area contributed by atoms with Crippen molar-refractivity contribution in [1.29, 1.82) is 0 Å². The number of para-hydroxylation sites is 2. The van der Waals surface area contributed by atoms with Crippen molar-refractivity contribution in [2.75, 3.05) is 26.2 Å². The molecule has 7 rings (SSSR count). The number of benzene rings is 4. The maximum Gasteiger partial charge on any atom is 0.254 e. The molecular weight excluding hydrogens is 556 g/mol. The van der Waals surface area contributed by atoms with E-state index in [1.807, 2.05) is 94.7 Å². The minimum Gasteiger partial charge on any atom is -0.337 e. The number of fused-ring (bicyclic) bond motifs is 2. The van der Waals surface area contributed by atoms with E-state index < -0.39 is 0 Å². The minimum absolute atomic E-state index is 0.0349. The molecule has 222 valence electrons. The summed E-state index contributed by atoms with van der Waals surface area (Å²) in [6, 6.07) is 35.9. The van der Waals surface area contributed by atoms with Crippen LogP contribution in [-0.2, 0) is 0 Å². The minimum atomic E-state index is -0.0349. The van der Waals surface area contributed by atoms with Gasteiger partial charge >= 0.3 is 0 Å². The van der Waals surface area contributed by atoms with Gasteiger partial charge in [-0.25, -0.2) is 9.97 Å². The fraction of sp³-hybridized carbons (Fsp3) is 0.179. The van der Waals surface area contributed by atoms with Crippen molar-refractivity contribution >= 4 is 33.6 Å². The van der Waals surface area contributed by atoms with Crippen LogP contribution in [0.2, 0.25) is 0 Å². The predicted octanol–water partition coefficient (Wildman–Crippen LogP) is 7.72. The molecule has 0 N–H and O–H groups in total. The summed E-state index contributed by atoms with van der Waals surface area (Å²) in [5.74, 6) is -0.0699. The summed E-state index contributed by atoms with van der Waals surface area (Å²) >= 11 is 0. The molecule has 2 amide bonds. The number of nitrogens with zero attached hydrogens (tertiary/aromatic N) is 4. The summed E-state index contributed by atoms with van der Waals surface area (Å²) in [5, 5.41) is 1.67. The van der Waals surface area contributed by atoms with Gasteiger partial charge in [-0.2, -0.15) is 0 Å². The molecule has 0 radical (unpaired) electrons. The van der Waals surface area contributed by atoms with E-state index in [1.54, 1.807) is 0 Å². The van der Waals surface area contributed by atoms with Crippen LogP contribution in [0.1, 0.15) is 38.3 Å². The largest absolute Gasteiger partial charge is 0.337 e. The summed E-state index contributed by atoms with van der Waals surface area (Å²) in [7, 11) is 0. The first kappa shape index (κ1) is 28.4. The molecule has 6 aromatic rings. The van der Waals surface area contributed by atoms with Crippen LogP contribution in [0.25, 0.3) is 44.3 Å². The van der Waals surface area contributed by atoms with Crippen LogP contribution in [0.15, 0.2) is 109 Å². The van der Waals surface area contributed by atoms with E-state index in [9.17, 15) is 9.59 Å². The van der Waals surface area contributed by atoms with Gasteiger partial charge < -0.3 is 9.80 Å². The van der Waals surface area contributed by atoms with Crippen molar-refractivity contribution in [3.05, 3.63) is 131 Å². The molecule has 1 saturated heterocycles. The Morgan fingerprint density at radius 2 is 0.933 bits per heavy atom. The number of rotatable bonds is 4. The topological polar surface area (TPSA) is 66.4 Å². The average Bonchev–Trinajstić information content (AvgIpc) is 3.34. The van der Waals surface area contributed by atoms with E-state index in [-0.39, 0.29) is 11.8 Å². The number of carbonyl (C=O) groups is 2. The predicted molar refractivity (Wildman–Crippen MR) is 180 cm³/mol. The van der Waals surface area contributed by atoms with E-state index in [4.69, 9.17) is 9.97 Å². The number of carbonyl (C=O) groups excluding carboxylic acids is 2. The van der Waals surface area contributed by atoms with Crippen LogP contribution in [0.5, 0.6) is 0 Å². The van der Waals surface area contributed by atoms with Crippen LogP contribution < -0.4 is 0 Å². The Kier molecular flexibility index (Phi) is 7.55. The van der Waals surface area contributed by atoms with Gasteiger partial charge in [0.25, 0.3) is 11.8 Å². The average molecular weight is 591 g/mol. The lowest BCUT2D eigenvalue weighted by Crippen LogP contribution is -2.37. The highest BCUT2D eigenvalue weighted by Gasteiger charge is 2.26. The number of hydrogen-bond acceptors (Lipinski definition) is 4. The Bertz CT molecular complexity index is 1900. The summed E-state index contributed by atoms with van der Waals surface area (Å²) in [5.41, 5.74) is 8.70. The van der Waals surface area contributed by atoms with Gasteiger partial charge in [0.1, 0.15) is 0 Å². The lowest BCUT2D eigenvalue weighted by Gasteiger charge is -2.23. The third kappa shape index (κ3) is 5.67. The van der Waals surface area contributed by atoms with E-state index in [2.05, 4.69) is 38.1 Å². The highest BCUT2D eigenvalue weighted by molar-refractivity contribution is 6.08. The molecule has 3 heterocycles. The molecular formula is C39H34N4O2. The monoisotopic (exact) mass is 590 g/mol. The number of amides is 2. The van der Waals surface area contributed by atoms with Gasteiger partial charge in [-0.15, -0.1) is 0 Å². The van der Waals surface area contributed by atoms with Gasteiger partial charge in [-0.05, 0) is 44.5 Å². The lowest BCUT2D eigenvalue weighted by atomic mass is 10.0. The zero-order valence-electron chi connectivity index (χ0n) is 25.5. The molecule has 45 heavy (non-hydrogen) atoms. The first-order valence-corrected chi connectivity index (χ1v) is 15.5. The third-order valence-electron chi connectivity index (χ3n) is 8.66. The fourth-order valence-electron chi connectivity index (χ4n) is 6.11. The summed E-state index contributed by atoms with van der Waals surface area (Å²) in [6.45, 7) is 6.17. The van der Waals surface area contributed by atoms with Crippen molar-refractivity contribution in [3.63, 3.8) is 0 Å². The van der Waals surface area contributed by atoms with Crippen LogP contribution in [0.4, 0.5) is 0 Å². The van der Waals surface area contributed by atoms with Gasteiger partial charge in [-0.1, -0.05) is 96.1 Å². The zero-order valence-corrected chi connectivity index (χ0v) is 25.5. The molecule has 0 unspecified atom stereocenters. The van der Waals surface area contributed by atoms with Crippen LogP contribution in [-0.4, -0.2) is 57.8 Å². The molecule has 1 fully saturated rings. The van der Waals surface area contributed by atoms with Crippen LogP contribution in [0, 0.1) is 13.8 Å². The second-order valence-corrected chi connectivity index (χ2v) is 11.8. The SMILES string of the molecule is Cc1ccc(-c2cc(C(=O)N3CCCN(C(=O)c4cc(-c5ccc(C)cc5)nc5ccccc45)CC3)c3ccccc3n2)cc1. The molecule has 0 aliphatic carbocycles. The van der Waals surface area contributed by atoms with Crippen molar-refractivity contribution in [3.8, 4) is 22.5 Å². The number of pyridine rings is 2. The number of aryl methyl sites for hydroxylation is 2. The van der Waals surface area contributed by atoms with Crippen LogP contribution >= 0.6 is 0 Å². The summed E-state index contributed by atoms with van der Waals surface area (Å²) in [6.07, 6.45) is 0.694. The molecule has 4 aromatic carbocycles. The van der Waals surface area contributed by atoms with E-state index >= 15 is 0 Å². The van der Waals surface area contributed by atoms with Gasteiger partial charge in [0.05, 0.1) is 33.5 Å². The molecule has 0 atom stereocenters. The Morgan fingerprint density at radius 1 is 0.533 bits per heavy atom. The van der Waals surface area contributed by atoms with Crippen molar-refractivity contribution in [2.45, 2.75) is 20.3 Å². The maximum atomic E-state index is 14.1. The molecule has 0 bridgehead atoms. The van der Waals surface area contributed by atoms with Gasteiger partial charge in [0.15, 0.2) is 0 Å². The Hall–Kier alpha value is -5.36. The van der Waals surface area contributed by atoms with Crippen molar-refractivity contribution in [2.24, 2.45) is 0 Å². The van der Waals surface area contributed by atoms with Crippen LogP contribution in [0.3, 0.4) is 0 Å². The highest BCUT2D eigenvalue weighted by atomic mass is 16.2. The molecule has 1 aliphatic rings. The summed E-state index contributed by atoms with van der Waals surface area (Å²) in [4.78, 5) is 41.8. The molecule has 2 aromatic heterocycles. The second-order valence-electron chi connectivity index (χ2n) is 11.8. The van der Waals surface area contributed by atoms with Gasteiger partial charge in [0.2, 0.25) is 0 Å². The Morgan fingerprint density at radius 3 is 1.36 bits per heavy atom. The van der Waals surface area contributed by atoms with E-state index in [1.165, 1.54) is 11.1 Å². The standard InChI is InChI=1S/C39H34N4O2/c1-26-12-16-28(17-13-26)36-24-32(30-8-3-5-10-34(30)40-36)38(44)42-20-7-21-43(23-22-42)39(45)33-25-37(29-18-14-27(2)15-19-29)41-35-11-6-4-9-31(33)35/h3-6,8-19,24-25H,7,20-23H2,1-2H3. The first-order valence-electron chi connectivity index (χ1n) is 15.5. The maximum absolute atomic E-state index is 14.1. The quantitative estimate of drug-likeness (QED) is 0.211. The zero-order chi connectivity index (χ0) is 30.9. The highest BCUT2D eigenvalue weighted by Crippen LogP contribution is 2.29. The molecule has 6 heteroatoms. The van der Waals surface area contributed by atoms with Crippen molar-refractivity contribution in [1.82, 2.24) is 19.8 Å². The fourth-order valence-corrected chi connectivity index (χ4v) is 6.11. The molecule has 0 saturated carbocycles. The molecule has 0 spiro atoms. The molecule has 1 aliphatic heterocycles. The number of aromatic nitrogens is 2.